The number of amides is 3. The molecule has 0 atom stereocenters. The van der Waals surface area contributed by atoms with E-state index in [1.54, 1.807) is 48.7 Å². The first-order valence-electron chi connectivity index (χ1n) is 8.74. The number of aromatic hydroxyl groups is 1. The van der Waals surface area contributed by atoms with Gasteiger partial charge in [-0.3, -0.25) is 19.4 Å². The summed E-state index contributed by atoms with van der Waals surface area (Å²) in [5, 5.41) is 15.9. The van der Waals surface area contributed by atoms with Gasteiger partial charge in [-0.25, -0.2) is 0 Å². The zero-order valence-corrected chi connectivity index (χ0v) is 15.1. The second-order valence-electron chi connectivity index (χ2n) is 6.49. The average Bonchev–Trinajstić information content (AvgIpc) is 3.02. The summed E-state index contributed by atoms with van der Waals surface area (Å²) in [4.78, 5) is 39.8. The zero-order chi connectivity index (χ0) is 20.5. The van der Waals surface area contributed by atoms with Gasteiger partial charge in [-0.05, 0) is 42.0 Å². The summed E-state index contributed by atoms with van der Waals surface area (Å²) in [6, 6.07) is 11.5. The third-order valence-electron chi connectivity index (χ3n) is 4.57. The number of benzene rings is 2. The van der Waals surface area contributed by atoms with E-state index in [-0.39, 0.29) is 18.2 Å². The van der Waals surface area contributed by atoms with Gasteiger partial charge in [-0.2, -0.15) is 0 Å². The number of carbonyl (C=O) groups is 3. The number of fused-ring (bicyclic) bond motifs is 2. The summed E-state index contributed by atoms with van der Waals surface area (Å²) in [7, 11) is 0. The third kappa shape index (κ3) is 3.39. The molecule has 8 nitrogen and oxygen atoms in total. The standard InChI is InChI=1S/C21H16N4O4/c22-18(27)10-24-20(28)12-3-5-16-14(9-12)15(21(29)25-16)8-11-4-6-17(26)19-13(11)2-1-7-23-19/h1-9,26H,10H2,(H2,22,27)(H,24,28)(H,25,29). The van der Waals surface area contributed by atoms with Crippen LogP contribution in [0.25, 0.3) is 22.6 Å². The van der Waals surface area contributed by atoms with Gasteiger partial charge in [0.05, 0.1) is 6.54 Å². The van der Waals surface area contributed by atoms with Crippen molar-refractivity contribution >= 4 is 46.0 Å². The summed E-state index contributed by atoms with van der Waals surface area (Å²) in [6.45, 7) is -0.276. The molecule has 2 heterocycles. The molecule has 144 valence electrons. The summed E-state index contributed by atoms with van der Waals surface area (Å²) >= 11 is 0. The van der Waals surface area contributed by atoms with E-state index in [1.165, 1.54) is 6.07 Å². The van der Waals surface area contributed by atoms with Gasteiger partial charge in [0.2, 0.25) is 5.91 Å². The van der Waals surface area contributed by atoms with Gasteiger partial charge in [-0.1, -0.05) is 12.1 Å². The second kappa shape index (κ2) is 7.08. The van der Waals surface area contributed by atoms with Crippen LogP contribution in [0.1, 0.15) is 21.5 Å². The van der Waals surface area contributed by atoms with Crippen molar-refractivity contribution in [2.45, 2.75) is 0 Å². The lowest BCUT2D eigenvalue weighted by Crippen LogP contribution is -2.33. The first kappa shape index (κ1) is 18.2. The molecule has 0 aliphatic carbocycles. The fraction of sp³-hybridized carbons (Fsp3) is 0.0476. The smallest absolute Gasteiger partial charge is 0.256 e. The van der Waals surface area contributed by atoms with E-state index in [2.05, 4.69) is 15.6 Å². The van der Waals surface area contributed by atoms with Crippen LogP contribution in [-0.4, -0.2) is 34.4 Å². The van der Waals surface area contributed by atoms with E-state index >= 15 is 0 Å². The number of phenolic OH excluding ortho intramolecular Hbond substituents is 1. The van der Waals surface area contributed by atoms with Crippen LogP contribution in [0.2, 0.25) is 0 Å². The fourth-order valence-corrected chi connectivity index (χ4v) is 3.20. The highest BCUT2D eigenvalue weighted by Gasteiger charge is 2.25. The van der Waals surface area contributed by atoms with E-state index in [1.807, 2.05) is 0 Å². The molecule has 2 aromatic carbocycles. The fourth-order valence-electron chi connectivity index (χ4n) is 3.20. The number of primary amides is 1. The van der Waals surface area contributed by atoms with E-state index in [9.17, 15) is 19.5 Å². The summed E-state index contributed by atoms with van der Waals surface area (Å²) < 4.78 is 0. The largest absolute Gasteiger partial charge is 0.506 e. The van der Waals surface area contributed by atoms with E-state index in [4.69, 9.17) is 5.73 Å². The lowest BCUT2D eigenvalue weighted by Gasteiger charge is -2.07. The van der Waals surface area contributed by atoms with Crippen LogP contribution < -0.4 is 16.4 Å². The van der Waals surface area contributed by atoms with E-state index in [0.717, 1.165) is 0 Å². The Labute approximate surface area is 165 Å². The Morgan fingerprint density at radius 3 is 2.83 bits per heavy atom. The predicted molar refractivity (Wildman–Crippen MR) is 108 cm³/mol. The number of hydrogen-bond acceptors (Lipinski definition) is 5. The molecule has 0 fully saturated rings. The highest BCUT2D eigenvalue weighted by Crippen LogP contribution is 2.35. The molecule has 0 radical (unpaired) electrons. The number of rotatable bonds is 4. The van der Waals surface area contributed by atoms with E-state index in [0.29, 0.717) is 38.9 Å². The maximum absolute atomic E-state index is 12.5. The molecule has 1 aromatic heterocycles. The number of nitrogens with zero attached hydrogens (tertiary/aromatic N) is 1. The average molecular weight is 388 g/mol. The van der Waals surface area contributed by atoms with Crippen molar-refractivity contribution in [3.8, 4) is 5.75 Å². The molecule has 1 aliphatic rings. The Kier molecular flexibility index (Phi) is 4.44. The molecule has 0 unspecified atom stereocenters. The van der Waals surface area contributed by atoms with Crippen molar-refractivity contribution in [3.05, 3.63) is 65.4 Å². The van der Waals surface area contributed by atoms with Gasteiger partial charge < -0.3 is 21.5 Å². The van der Waals surface area contributed by atoms with Crippen molar-refractivity contribution in [2.24, 2.45) is 5.73 Å². The monoisotopic (exact) mass is 388 g/mol. The van der Waals surface area contributed by atoms with Crippen molar-refractivity contribution in [1.29, 1.82) is 0 Å². The molecule has 0 saturated carbocycles. The lowest BCUT2D eigenvalue weighted by molar-refractivity contribution is -0.117. The molecule has 0 spiro atoms. The number of phenols is 1. The Balaban J connectivity index is 1.77. The number of pyridine rings is 1. The molecule has 4 rings (SSSR count). The Hall–Kier alpha value is -4.20. The number of carbonyl (C=O) groups excluding carboxylic acids is 3. The maximum atomic E-state index is 12.5. The van der Waals surface area contributed by atoms with Crippen LogP contribution in [0.5, 0.6) is 5.75 Å². The van der Waals surface area contributed by atoms with E-state index < -0.39 is 11.8 Å². The quantitative estimate of drug-likeness (QED) is 0.504. The van der Waals surface area contributed by atoms with Gasteiger partial charge in [0, 0.05) is 34.0 Å². The molecular weight excluding hydrogens is 372 g/mol. The number of hydrogen-bond donors (Lipinski definition) is 4. The summed E-state index contributed by atoms with van der Waals surface area (Å²) in [6.07, 6.45) is 3.27. The second-order valence-corrected chi connectivity index (χ2v) is 6.49. The van der Waals surface area contributed by atoms with Crippen LogP contribution in [-0.2, 0) is 9.59 Å². The van der Waals surface area contributed by atoms with Crippen molar-refractivity contribution < 1.29 is 19.5 Å². The van der Waals surface area contributed by atoms with Crippen molar-refractivity contribution in [2.75, 3.05) is 11.9 Å². The number of nitrogens with two attached hydrogens (primary N) is 1. The Morgan fingerprint density at radius 1 is 1.21 bits per heavy atom. The van der Waals surface area contributed by atoms with Gasteiger partial charge in [-0.15, -0.1) is 0 Å². The van der Waals surface area contributed by atoms with Crippen molar-refractivity contribution in [1.82, 2.24) is 10.3 Å². The molecule has 0 saturated heterocycles. The van der Waals surface area contributed by atoms with Crippen molar-refractivity contribution in [3.63, 3.8) is 0 Å². The molecule has 5 N–H and O–H groups in total. The topological polar surface area (TPSA) is 134 Å². The van der Waals surface area contributed by atoms with Crippen LogP contribution in [0.4, 0.5) is 5.69 Å². The molecule has 1 aliphatic heterocycles. The number of anilines is 1. The first-order valence-corrected chi connectivity index (χ1v) is 8.74. The number of nitrogens with one attached hydrogen (secondary N) is 2. The van der Waals surface area contributed by atoms with Crippen LogP contribution >= 0.6 is 0 Å². The first-order chi connectivity index (χ1) is 13.9. The molecule has 3 aromatic rings. The van der Waals surface area contributed by atoms with Gasteiger partial charge in [0.25, 0.3) is 11.8 Å². The maximum Gasteiger partial charge on any atom is 0.256 e. The minimum Gasteiger partial charge on any atom is -0.506 e. The van der Waals surface area contributed by atoms with Crippen LogP contribution in [0.3, 0.4) is 0 Å². The summed E-state index contributed by atoms with van der Waals surface area (Å²) in [5.41, 5.74) is 7.99. The van der Waals surface area contributed by atoms with Gasteiger partial charge in [0.1, 0.15) is 11.3 Å². The molecule has 29 heavy (non-hydrogen) atoms. The van der Waals surface area contributed by atoms with Crippen LogP contribution in [0.15, 0.2) is 48.7 Å². The molecule has 3 amide bonds. The highest BCUT2D eigenvalue weighted by atomic mass is 16.3. The normalized spacial score (nSPS) is 13.9. The highest BCUT2D eigenvalue weighted by molar-refractivity contribution is 6.35. The molecular formula is C21H16N4O4. The molecule has 0 bridgehead atoms. The predicted octanol–water partition coefficient (Wildman–Crippen LogP) is 1.65. The minimum absolute atomic E-state index is 0.0485. The SMILES string of the molecule is NC(=O)CNC(=O)c1ccc2c(c1)C(=Cc1ccc(O)c3ncccc13)C(=O)N2. The third-order valence-corrected chi connectivity index (χ3v) is 4.57. The van der Waals surface area contributed by atoms with Gasteiger partial charge in [0.15, 0.2) is 0 Å². The summed E-state index contributed by atoms with van der Waals surface area (Å²) in [5.74, 6) is -1.37. The lowest BCUT2D eigenvalue weighted by atomic mass is 9.99. The Bertz CT molecular complexity index is 1220. The number of aromatic nitrogens is 1. The molecule has 8 heteroatoms. The van der Waals surface area contributed by atoms with Gasteiger partial charge >= 0.3 is 0 Å². The Morgan fingerprint density at radius 2 is 2.03 bits per heavy atom. The zero-order valence-electron chi connectivity index (χ0n) is 15.1. The van der Waals surface area contributed by atoms with Crippen LogP contribution in [0, 0.1) is 0 Å². The minimum atomic E-state index is -0.648.